The summed E-state index contributed by atoms with van der Waals surface area (Å²) < 4.78 is 10.6. The van der Waals surface area contributed by atoms with Gasteiger partial charge >= 0.3 is 0 Å². The lowest BCUT2D eigenvalue weighted by Gasteiger charge is -2.27. The highest BCUT2D eigenvalue weighted by molar-refractivity contribution is 6.21. The highest BCUT2D eigenvalue weighted by Gasteiger charge is 2.40. The summed E-state index contributed by atoms with van der Waals surface area (Å²) >= 11 is 0. The van der Waals surface area contributed by atoms with E-state index >= 15 is 0 Å². The summed E-state index contributed by atoms with van der Waals surface area (Å²) in [4.78, 5) is 26.2. The van der Waals surface area contributed by atoms with Gasteiger partial charge in [-0.2, -0.15) is 0 Å². The molecule has 2 heterocycles. The van der Waals surface area contributed by atoms with Gasteiger partial charge in [0.1, 0.15) is 0 Å². The minimum absolute atomic E-state index is 0.142. The van der Waals surface area contributed by atoms with Gasteiger partial charge in [-0.05, 0) is 36.8 Å². The van der Waals surface area contributed by atoms with Crippen LogP contribution in [0.5, 0.6) is 11.5 Å². The third kappa shape index (κ3) is 2.07. The number of imide groups is 1. The SMILES string of the molecule is CC(C(O)c1ccc2c(c1)OCO2)N1C(=O)c2ccccc2C1=O. The van der Waals surface area contributed by atoms with Crippen molar-refractivity contribution in [1.29, 1.82) is 0 Å². The number of benzene rings is 2. The van der Waals surface area contributed by atoms with E-state index < -0.39 is 12.1 Å². The molecule has 24 heavy (non-hydrogen) atoms. The highest BCUT2D eigenvalue weighted by Crippen LogP contribution is 2.36. The second-order valence-corrected chi connectivity index (χ2v) is 5.82. The summed E-state index contributed by atoms with van der Waals surface area (Å²) in [6.07, 6.45) is -1.03. The first kappa shape index (κ1) is 14.7. The summed E-state index contributed by atoms with van der Waals surface area (Å²) in [6, 6.07) is 11.0. The normalized spacial score (nSPS) is 17.8. The summed E-state index contributed by atoms with van der Waals surface area (Å²) in [6.45, 7) is 1.79. The van der Waals surface area contributed by atoms with Gasteiger partial charge < -0.3 is 14.6 Å². The summed E-state index contributed by atoms with van der Waals surface area (Å²) in [7, 11) is 0. The van der Waals surface area contributed by atoms with Crippen LogP contribution in [-0.4, -0.2) is 34.7 Å². The number of hydrogen-bond acceptors (Lipinski definition) is 5. The zero-order valence-electron chi connectivity index (χ0n) is 12.9. The Balaban J connectivity index is 1.63. The lowest BCUT2D eigenvalue weighted by molar-refractivity contribution is 0.0375. The van der Waals surface area contributed by atoms with Crippen molar-refractivity contribution in [2.45, 2.75) is 19.1 Å². The second-order valence-electron chi connectivity index (χ2n) is 5.82. The fourth-order valence-electron chi connectivity index (χ4n) is 3.09. The second kappa shape index (κ2) is 5.35. The lowest BCUT2D eigenvalue weighted by Crippen LogP contribution is -2.41. The molecule has 0 saturated carbocycles. The zero-order valence-corrected chi connectivity index (χ0v) is 12.9. The number of carbonyl (C=O) groups excluding carboxylic acids is 2. The summed E-state index contributed by atoms with van der Waals surface area (Å²) in [5.41, 5.74) is 1.29. The van der Waals surface area contributed by atoms with Crippen LogP contribution in [0.2, 0.25) is 0 Å². The zero-order chi connectivity index (χ0) is 16.8. The van der Waals surface area contributed by atoms with Crippen molar-refractivity contribution < 1.29 is 24.2 Å². The first-order valence-electron chi connectivity index (χ1n) is 7.62. The number of ether oxygens (including phenoxy) is 2. The van der Waals surface area contributed by atoms with Crippen molar-refractivity contribution >= 4 is 11.8 Å². The monoisotopic (exact) mass is 325 g/mol. The van der Waals surface area contributed by atoms with Gasteiger partial charge in [-0.25, -0.2) is 0 Å². The van der Waals surface area contributed by atoms with Crippen molar-refractivity contribution in [3.05, 3.63) is 59.2 Å². The number of rotatable bonds is 3. The van der Waals surface area contributed by atoms with Crippen LogP contribution in [0.3, 0.4) is 0 Å². The van der Waals surface area contributed by atoms with E-state index in [-0.39, 0.29) is 18.6 Å². The van der Waals surface area contributed by atoms with Crippen molar-refractivity contribution in [3.8, 4) is 11.5 Å². The maximum atomic E-state index is 12.5. The maximum absolute atomic E-state index is 12.5. The Morgan fingerprint density at radius 1 is 1.00 bits per heavy atom. The molecular formula is C18H15NO5. The molecule has 2 aliphatic rings. The quantitative estimate of drug-likeness (QED) is 0.875. The van der Waals surface area contributed by atoms with E-state index in [2.05, 4.69) is 0 Å². The highest BCUT2D eigenvalue weighted by atomic mass is 16.7. The topological polar surface area (TPSA) is 76.1 Å². The van der Waals surface area contributed by atoms with Gasteiger partial charge in [0, 0.05) is 0 Å². The van der Waals surface area contributed by atoms with E-state index in [1.807, 2.05) is 0 Å². The molecule has 122 valence electrons. The lowest BCUT2D eigenvalue weighted by atomic mass is 10.0. The third-order valence-electron chi connectivity index (χ3n) is 4.43. The predicted molar refractivity (Wildman–Crippen MR) is 83.9 cm³/mol. The van der Waals surface area contributed by atoms with E-state index in [9.17, 15) is 14.7 Å². The number of hydrogen-bond donors (Lipinski definition) is 1. The molecule has 4 rings (SSSR count). The molecule has 0 spiro atoms. The number of carbonyl (C=O) groups is 2. The molecule has 6 heteroatoms. The van der Waals surface area contributed by atoms with Crippen LogP contribution in [-0.2, 0) is 0 Å². The third-order valence-corrected chi connectivity index (χ3v) is 4.43. The molecule has 2 atom stereocenters. The van der Waals surface area contributed by atoms with E-state index in [0.29, 0.717) is 28.2 Å². The average molecular weight is 325 g/mol. The fraction of sp³-hybridized carbons (Fsp3) is 0.222. The molecular weight excluding hydrogens is 310 g/mol. The fourth-order valence-corrected chi connectivity index (χ4v) is 3.09. The Morgan fingerprint density at radius 2 is 1.62 bits per heavy atom. The van der Waals surface area contributed by atoms with Gasteiger partial charge in [-0.15, -0.1) is 0 Å². The molecule has 0 radical (unpaired) electrons. The minimum Gasteiger partial charge on any atom is -0.454 e. The number of fused-ring (bicyclic) bond motifs is 2. The Kier molecular flexibility index (Phi) is 3.28. The van der Waals surface area contributed by atoms with Crippen molar-refractivity contribution in [2.75, 3.05) is 6.79 Å². The van der Waals surface area contributed by atoms with Gasteiger partial charge in [0.05, 0.1) is 23.3 Å². The largest absolute Gasteiger partial charge is 0.454 e. The molecule has 0 fully saturated rings. The molecule has 2 aromatic rings. The minimum atomic E-state index is -1.03. The number of aliphatic hydroxyl groups excluding tert-OH is 1. The van der Waals surface area contributed by atoms with Crippen LogP contribution in [0.15, 0.2) is 42.5 Å². The Labute approximate surface area is 138 Å². The molecule has 2 aliphatic heterocycles. The van der Waals surface area contributed by atoms with Crippen LogP contribution in [0.25, 0.3) is 0 Å². The Hall–Kier alpha value is -2.86. The molecule has 6 nitrogen and oxygen atoms in total. The van der Waals surface area contributed by atoms with Crippen molar-refractivity contribution in [2.24, 2.45) is 0 Å². The molecule has 0 bridgehead atoms. The molecule has 2 amide bonds. The number of nitrogens with zero attached hydrogens (tertiary/aromatic N) is 1. The predicted octanol–water partition coefficient (Wildman–Crippen LogP) is 2.13. The van der Waals surface area contributed by atoms with E-state index in [1.54, 1.807) is 49.4 Å². The van der Waals surface area contributed by atoms with Crippen LogP contribution in [0, 0.1) is 0 Å². The first-order valence-corrected chi connectivity index (χ1v) is 7.62. The first-order chi connectivity index (χ1) is 11.6. The molecule has 0 aliphatic carbocycles. The standard InChI is InChI=1S/C18H15NO5/c1-10(16(20)11-6-7-14-15(8-11)24-9-23-14)19-17(21)12-4-2-3-5-13(12)18(19)22/h2-8,10,16,20H,9H2,1H3. The summed E-state index contributed by atoms with van der Waals surface area (Å²) in [5.74, 6) is 0.381. The van der Waals surface area contributed by atoms with Gasteiger partial charge in [-0.1, -0.05) is 18.2 Å². The van der Waals surface area contributed by atoms with E-state index in [1.165, 1.54) is 0 Å². The van der Waals surface area contributed by atoms with Crippen molar-refractivity contribution in [1.82, 2.24) is 4.90 Å². The molecule has 0 aromatic heterocycles. The number of amides is 2. The maximum Gasteiger partial charge on any atom is 0.261 e. The Morgan fingerprint density at radius 3 is 2.29 bits per heavy atom. The van der Waals surface area contributed by atoms with Gasteiger partial charge in [-0.3, -0.25) is 14.5 Å². The Bertz CT molecular complexity index is 812. The van der Waals surface area contributed by atoms with Gasteiger partial charge in [0.15, 0.2) is 11.5 Å². The van der Waals surface area contributed by atoms with Crippen LogP contribution >= 0.6 is 0 Å². The van der Waals surface area contributed by atoms with Crippen LogP contribution in [0.1, 0.15) is 39.3 Å². The number of aliphatic hydroxyl groups is 1. The van der Waals surface area contributed by atoms with Crippen molar-refractivity contribution in [3.63, 3.8) is 0 Å². The van der Waals surface area contributed by atoms with Gasteiger partial charge in [0.25, 0.3) is 11.8 Å². The summed E-state index contributed by atoms with van der Waals surface area (Å²) in [5, 5.41) is 10.7. The van der Waals surface area contributed by atoms with Crippen LogP contribution < -0.4 is 9.47 Å². The van der Waals surface area contributed by atoms with Crippen LogP contribution in [0.4, 0.5) is 0 Å². The molecule has 1 N–H and O–H groups in total. The average Bonchev–Trinajstić information content (AvgIpc) is 3.17. The van der Waals surface area contributed by atoms with Gasteiger partial charge in [0.2, 0.25) is 6.79 Å². The molecule has 2 unspecified atom stereocenters. The molecule has 2 aromatic carbocycles. The molecule has 0 saturated heterocycles. The smallest absolute Gasteiger partial charge is 0.261 e. The van der Waals surface area contributed by atoms with E-state index in [4.69, 9.17) is 9.47 Å². The van der Waals surface area contributed by atoms with E-state index in [0.717, 1.165) is 4.90 Å².